The Labute approximate surface area is 125 Å². The predicted molar refractivity (Wildman–Crippen MR) is 82.4 cm³/mol. The van der Waals surface area contributed by atoms with Crippen molar-refractivity contribution in [2.24, 2.45) is 0 Å². The molecule has 0 saturated heterocycles. The molecule has 6 heteroatoms. The molecule has 2 amide bonds. The highest BCUT2D eigenvalue weighted by Gasteiger charge is 2.23. The van der Waals surface area contributed by atoms with Crippen molar-refractivity contribution < 1.29 is 14.7 Å². The average molecular weight is 376 g/mol. The van der Waals surface area contributed by atoms with Crippen LogP contribution in [-0.2, 0) is 4.79 Å². The van der Waals surface area contributed by atoms with Gasteiger partial charge in [-0.2, -0.15) is 0 Å². The second-order valence-corrected chi connectivity index (χ2v) is 6.24. The fourth-order valence-electron chi connectivity index (χ4n) is 1.61. The Morgan fingerprint density at radius 3 is 2.58 bits per heavy atom. The van der Waals surface area contributed by atoms with E-state index in [1.807, 2.05) is 25.1 Å². The van der Waals surface area contributed by atoms with Crippen molar-refractivity contribution in [1.29, 1.82) is 0 Å². The van der Waals surface area contributed by atoms with Crippen molar-refractivity contribution in [3.8, 4) is 0 Å². The van der Waals surface area contributed by atoms with E-state index in [2.05, 4.69) is 33.2 Å². The monoisotopic (exact) mass is 376 g/mol. The first kappa shape index (κ1) is 15.7. The van der Waals surface area contributed by atoms with Crippen LogP contribution in [-0.4, -0.2) is 22.6 Å². The summed E-state index contributed by atoms with van der Waals surface area (Å²) in [7, 11) is 0. The van der Waals surface area contributed by atoms with Crippen LogP contribution in [0.2, 0.25) is 0 Å². The second kappa shape index (κ2) is 6.23. The molecule has 0 radical (unpaired) electrons. The van der Waals surface area contributed by atoms with Crippen LogP contribution in [0.3, 0.4) is 0 Å². The Bertz CT molecular complexity index is 501. The minimum atomic E-state index is -0.948. The van der Waals surface area contributed by atoms with Crippen LogP contribution in [0, 0.1) is 10.5 Å². The lowest BCUT2D eigenvalue weighted by atomic mass is 10.0. The van der Waals surface area contributed by atoms with Gasteiger partial charge in [0.2, 0.25) is 0 Å². The van der Waals surface area contributed by atoms with E-state index < -0.39 is 17.5 Å². The Kier molecular flexibility index (Phi) is 5.16. The Hall–Kier alpha value is -1.31. The number of halogens is 1. The van der Waals surface area contributed by atoms with E-state index >= 15 is 0 Å². The maximum Gasteiger partial charge on any atom is 0.319 e. The van der Waals surface area contributed by atoms with E-state index in [0.717, 1.165) is 14.8 Å². The third kappa shape index (κ3) is 5.46. The van der Waals surface area contributed by atoms with Crippen LogP contribution < -0.4 is 10.6 Å². The number of carboxylic acid groups (broad SMARTS) is 1. The molecule has 0 unspecified atom stereocenters. The van der Waals surface area contributed by atoms with Gasteiger partial charge in [0.15, 0.2) is 0 Å². The van der Waals surface area contributed by atoms with Crippen molar-refractivity contribution in [1.82, 2.24) is 5.32 Å². The van der Waals surface area contributed by atoms with Crippen LogP contribution in [0.1, 0.15) is 25.8 Å². The van der Waals surface area contributed by atoms with E-state index in [4.69, 9.17) is 5.11 Å². The number of rotatable bonds is 4. The lowest BCUT2D eigenvalue weighted by molar-refractivity contribution is -0.138. The minimum absolute atomic E-state index is 0.133. The predicted octanol–water partition coefficient (Wildman–Crippen LogP) is 2.97. The van der Waals surface area contributed by atoms with E-state index in [1.54, 1.807) is 13.8 Å². The lowest BCUT2D eigenvalue weighted by Crippen LogP contribution is -2.46. The quantitative estimate of drug-likeness (QED) is 0.707. The van der Waals surface area contributed by atoms with Gasteiger partial charge in [0.25, 0.3) is 0 Å². The van der Waals surface area contributed by atoms with Gasteiger partial charge in [-0.05, 0) is 61.1 Å². The molecule has 1 aromatic carbocycles. The fourth-order valence-corrected chi connectivity index (χ4v) is 2.10. The minimum Gasteiger partial charge on any atom is -0.481 e. The Morgan fingerprint density at radius 1 is 1.37 bits per heavy atom. The van der Waals surface area contributed by atoms with Gasteiger partial charge in [-0.15, -0.1) is 0 Å². The van der Waals surface area contributed by atoms with Gasteiger partial charge in [0, 0.05) is 14.8 Å². The number of carbonyl (C=O) groups excluding carboxylic acids is 1. The van der Waals surface area contributed by atoms with Gasteiger partial charge in [-0.3, -0.25) is 4.79 Å². The number of aryl methyl sites for hydroxylation is 1. The molecule has 5 nitrogen and oxygen atoms in total. The molecule has 0 bridgehead atoms. The third-order valence-electron chi connectivity index (χ3n) is 2.49. The number of carboxylic acids is 1. The standard InChI is InChI=1S/C13H17IN2O3/c1-8-4-5-9(14)6-10(8)15-12(19)16-13(2,3)7-11(17)18/h4-6H,7H2,1-3H3,(H,17,18)(H2,15,16,19). The van der Waals surface area contributed by atoms with E-state index in [-0.39, 0.29) is 6.42 Å². The molecule has 0 aliphatic carbocycles. The summed E-state index contributed by atoms with van der Waals surface area (Å²) in [6.45, 7) is 5.23. The van der Waals surface area contributed by atoms with Crippen molar-refractivity contribution in [2.45, 2.75) is 32.7 Å². The first-order chi connectivity index (χ1) is 8.69. The molecule has 0 aliphatic heterocycles. The van der Waals surface area contributed by atoms with E-state index in [0.29, 0.717) is 0 Å². The summed E-state index contributed by atoms with van der Waals surface area (Å²) >= 11 is 2.16. The van der Waals surface area contributed by atoms with Crippen LogP contribution in [0.25, 0.3) is 0 Å². The summed E-state index contributed by atoms with van der Waals surface area (Å²) in [6.07, 6.45) is -0.133. The fraction of sp³-hybridized carbons (Fsp3) is 0.385. The summed E-state index contributed by atoms with van der Waals surface area (Å²) in [5.41, 5.74) is 0.869. The molecule has 0 fully saturated rings. The Balaban J connectivity index is 2.70. The zero-order valence-corrected chi connectivity index (χ0v) is 13.2. The number of amides is 2. The molecule has 1 rings (SSSR count). The zero-order chi connectivity index (χ0) is 14.6. The first-order valence-electron chi connectivity index (χ1n) is 5.77. The lowest BCUT2D eigenvalue weighted by Gasteiger charge is -2.24. The summed E-state index contributed by atoms with van der Waals surface area (Å²) in [4.78, 5) is 22.5. The van der Waals surface area contributed by atoms with Crippen molar-refractivity contribution in [3.05, 3.63) is 27.3 Å². The smallest absolute Gasteiger partial charge is 0.319 e. The highest BCUT2D eigenvalue weighted by molar-refractivity contribution is 14.1. The summed E-state index contributed by atoms with van der Waals surface area (Å²) in [5.74, 6) is -0.948. The molecule has 0 spiro atoms. The molecular weight excluding hydrogens is 359 g/mol. The van der Waals surface area contributed by atoms with Gasteiger partial charge >= 0.3 is 12.0 Å². The number of hydrogen-bond donors (Lipinski definition) is 3. The SMILES string of the molecule is Cc1ccc(I)cc1NC(=O)NC(C)(C)CC(=O)O. The molecule has 0 atom stereocenters. The summed E-state index contributed by atoms with van der Waals surface area (Å²) in [6, 6.07) is 5.32. The van der Waals surface area contributed by atoms with Crippen molar-refractivity contribution in [2.75, 3.05) is 5.32 Å². The topological polar surface area (TPSA) is 78.4 Å². The molecule has 0 heterocycles. The molecule has 0 saturated carbocycles. The number of anilines is 1. The molecular formula is C13H17IN2O3. The van der Waals surface area contributed by atoms with E-state index in [1.165, 1.54) is 0 Å². The molecule has 0 aromatic heterocycles. The van der Waals surface area contributed by atoms with Gasteiger partial charge in [0.1, 0.15) is 0 Å². The van der Waals surface area contributed by atoms with Crippen LogP contribution in [0.5, 0.6) is 0 Å². The number of carbonyl (C=O) groups is 2. The highest BCUT2D eigenvalue weighted by Crippen LogP contribution is 2.18. The molecule has 19 heavy (non-hydrogen) atoms. The number of aliphatic carboxylic acids is 1. The van der Waals surface area contributed by atoms with E-state index in [9.17, 15) is 9.59 Å². The number of nitrogens with one attached hydrogen (secondary N) is 2. The first-order valence-corrected chi connectivity index (χ1v) is 6.84. The third-order valence-corrected chi connectivity index (χ3v) is 3.16. The summed E-state index contributed by atoms with van der Waals surface area (Å²) in [5, 5.41) is 14.1. The Morgan fingerprint density at radius 2 is 2.00 bits per heavy atom. The second-order valence-electron chi connectivity index (χ2n) is 4.99. The maximum absolute atomic E-state index is 11.9. The van der Waals surface area contributed by atoms with Crippen molar-refractivity contribution in [3.63, 3.8) is 0 Å². The van der Waals surface area contributed by atoms with Gasteiger partial charge in [0.05, 0.1) is 6.42 Å². The normalized spacial score (nSPS) is 10.9. The zero-order valence-electron chi connectivity index (χ0n) is 11.1. The number of benzene rings is 1. The van der Waals surface area contributed by atoms with Gasteiger partial charge in [-0.25, -0.2) is 4.79 Å². The molecule has 1 aromatic rings. The molecule has 3 N–H and O–H groups in total. The maximum atomic E-state index is 11.9. The van der Waals surface area contributed by atoms with Crippen LogP contribution in [0.15, 0.2) is 18.2 Å². The van der Waals surface area contributed by atoms with Crippen molar-refractivity contribution >= 4 is 40.3 Å². The molecule has 0 aliphatic rings. The average Bonchev–Trinajstić information content (AvgIpc) is 2.20. The van der Waals surface area contributed by atoms with Gasteiger partial charge < -0.3 is 15.7 Å². The number of hydrogen-bond acceptors (Lipinski definition) is 2. The number of urea groups is 1. The largest absolute Gasteiger partial charge is 0.481 e. The van der Waals surface area contributed by atoms with Crippen LogP contribution >= 0.6 is 22.6 Å². The molecule has 104 valence electrons. The van der Waals surface area contributed by atoms with Gasteiger partial charge in [-0.1, -0.05) is 6.07 Å². The highest BCUT2D eigenvalue weighted by atomic mass is 127. The summed E-state index contributed by atoms with van der Waals surface area (Å²) < 4.78 is 1.02. The van der Waals surface area contributed by atoms with Crippen LogP contribution in [0.4, 0.5) is 10.5 Å².